The van der Waals surface area contributed by atoms with E-state index < -0.39 is 0 Å². The predicted molar refractivity (Wildman–Crippen MR) is 69.0 cm³/mol. The van der Waals surface area contributed by atoms with Gasteiger partial charge in [0.25, 0.3) is 0 Å². The number of fused-ring (bicyclic) bond motifs is 1. The molecule has 0 fully saturated rings. The zero-order chi connectivity index (χ0) is 13.0. The van der Waals surface area contributed by atoms with Crippen LogP contribution in [-0.4, -0.2) is 33.2 Å². The minimum absolute atomic E-state index is 0.0164. The summed E-state index contributed by atoms with van der Waals surface area (Å²) in [5.41, 5.74) is 1.83. The monoisotopic (exact) mass is 247 g/mol. The molecule has 1 heterocycles. The van der Waals surface area contributed by atoms with Gasteiger partial charge in [0, 0.05) is 12.6 Å². The molecule has 0 bridgehead atoms. The number of amides is 1. The number of carbonyl (C=O) groups excluding carboxylic acids is 1. The number of aliphatic hydroxyl groups is 1. The number of nitrogens with one attached hydrogen (secondary N) is 1. The van der Waals surface area contributed by atoms with Gasteiger partial charge in [-0.1, -0.05) is 12.1 Å². The first-order valence-corrected chi connectivity index (χ1v) is 6.01. The third-order valence-corrected chi connectivity index (χ3v) is 2.81. The average Bonchev–Trinajstić information content (AvgIpc) is 2.73. The average molecular weight is 247 g/mol. The van der Waals surface area contributed by atoms with E-state index in [9.17, 15) is 4.79 Å². The van der Waals surface area contributed by atoms with Crippen LogP contribution < -0.4 is 5.32 Å². The zero-order valence-electron chi connectivity index (χ0n) is 10.3. The third kappa shape index (κ3) is 2.87. The first-order chi connectivity index (χ1) is 8.70. The Morgan fingerprint density at radius 1 is 1.50 bits per heavy atom. The molecule has 0 aliphatic heterocycles. The van der Waals surface area contributed by atoms with Gasteiger partial charge in [0.15, 0.2) is 0 Å². The van der Waals surface area contributed by atoms with E-state index in [1.807, 2.05) is 35.8 Å². The number of aromatic nitrogens is 2. The summed E-state index contributed by atoms with van der Waals surface area (Å²) in [6.07, 6.45) is 2.23. The molecule has 0 saturated carbocycles. The molecule has 1 unspecified atom stereocenters. The van der Waals surface area contributed by atoms with Crippen molar-refractivity contribution in [2.45, 2.75) is 25.9 Å². The number of aliphatic hydroxyl groups excluding tert-OH is 1. The molecule has 0 aliphatic carbocycles. The van der Waals surface area contributed by atoms with Gasteiger partial charge >= 0.3 is 0 Å². The summed E-state index contributed by atoms with van der Waals surface area (Å²) in [4.78, 5) is 16.0. The Balaban J connectivity index is 2.03. The van der Waals surface area contributed by atoms with Gasteiger partial charge in [-0.15, -0.1) is 0 Å². The number of imidazole rings is 1. The lowest BCUT2D eigenvalue weighted by Crippen LogP contribution is -2.35. The van der Waals surface area contributed by atoms with E-state index in [-0.39, 0.29) is 25.1 Å². The first-order valence-electron chi connectivity index (χ1n) is 6.01. The summed E-state index contributed by atoms with van der Waals surface area (Å²) >= 11 is 0. The highest BCUT2D eigenvalue weighted by molar-refractivity contribution is 5.80. The second-order valence-corrected chi connectivity index (χ2v) is 4.34. The van der Waals surface area contributed by atoms with Crippen molar-refractivity contribution in [3.8, 4) is 0 Å². The van der Waals surface area contributed by atoms with E-state index in [1.54, 1.807) is 6.33 Å². The van der Waals surface area contributed by atoms with Gasteiger partial charge in [0.1, 0.15) is 6.54 Å². The zero-order valence-corrected chi connectivity index (χ0v) is 10.3. The third-order valence-electron chi connectivity index (χ3n) is 2.81. The molecule has 5 nitrogen and oxygen atoms in total. The van der Waals surface area contributed by atoms with Crippen LogP contribution in [0.1, 0.15) is 13.3 Å². The number of rotatable bonds is 5. The van der Waals surface area contributed by atoms with E-state index in [2.05, 4.69) is 10.3 Å². The summed E-state index contributed by atoms with van der Waals surface area (Å²) in [7, 11) is 0. The molecule has 5 heteroatoms. The summed E-state index contributed by atoms with van der Waals surface area (Å²) in [6.45, 7) is 2.20. The maximum absolute atomic E-state index is 11.8. The van der Waals surface area contributed by atoms with Crippen LogP contribution in [-0.2, 0) is 11.3 Å². The number of para-hydroxylation sites is 2. The van der Waals surface area contributed by atoms with Crippen LogP contribution in [0, 0.1) is 0 Å². The molecule has 96 valence electrons. The van der Waals surface area contributed by atoms with Crippen LogP contribution in [0.3, 0.4) is 0 Å². The molecule has 2 rings (SSSR count). The van der Waals surface area contributed by atoms with Crippen molar-refractivity contribution < 1.29 is 9.90 Å². The fourth-order valence-electron chi connectivity index (χ4n) is 1.88. The number of hydrogen-bond donors (Lipinski definition) is 2. The van der Waals surface area contributed by atoms with Crippen LogP contribution in [0.25, 0.3) is 11.0 Å². The fourth-order valence-corrected chi connectivity index (χ4v) is 1.88. The van der Waals surface area contributed by atoms with E-state index >= 15 is 0 Å². The van der Waals surface area contributed by atoms with E-state index in [0.717, 1.165) is 11.0 Å². The minimum atomic E-state index is -0.0703. The van der Waals surface area contributed by atoms with Gasteiger partial charge in [-0.05, 0) is 25.5 Å². The molecular formula is C13H17N3O2. The lowest BCUT2D eigenvalue weighted by molar-refractivity contribution is -0.122. The molecule has 18 heavy (non-hydrogen) atoms. The molecule has 1 atom stereocenters. The molecule has 1 amide bonds. The van der Waals surface area contributed by atoms with Crippen LogP contribution in [0.2, 0.25) is 0 Å². The van der Waals surface area contributed by atoms with E-state index in [1.165, 1.54) is 0 Å². The lowest BCUT2D eigenvalue weighted by Gasteiger charge is -2.12. The molecule has 0 radical (unpaired) electrons. The highest BCUT2D eigenvalue weighted by Gasteiger charge is 2.09. The topological polar surface area (TPSA) is 67.2 Å². The van der Waals surface area contributed by atoms with Crippen molar-refractivity contribution in [2.75, 3.05) is 6.61 Å². The number of benzene rings is 1. The highest BCUT2D eigenvalue weighted by atomic mass is 16.3. The predicted octanol–water partition coefficient (Wildman–Crippen LogP) is 0.923. The maximum Gasteiger partial charge on any atom is 0.240 e. The standard InChI is InChI=1S/C13H17N3O2/c1-10(6-7-17)15-13(18)8-16-9-14-11-4-2-3-5-12(11)16/h2-5,9-10,17H,6-8H2,1H3,(H,15,18). The van der Waals surface area contributed by atoms with Crippen LogP contribution in [0.4, 0.5) is 0 Å². The minimum Gasteiger partial charge on any atom is -0.396 e. The molecule has 2 aromatic rings. The Kier molecular flexibility index (Phi) is 3.94. The lowest BCUT2D eigenvalue weighted by atomic mass is 10.2. The second kappa shape index (κ2) is 5.64. The van der Waals surface area contributed by atoms with Gasteiger partial charge < -0.3 is 15.0 Å². The van der Waals surface area contributed by atoms with Gasteiger partial charge in [0.2, 0.25) is 5.91 Å². The van der Waals surface area contributed by atoms with Crippen molar-refractivity contribution in [1.29, 1.82) is 0 Å². The van der Waals surface area contributed by atoms with Crippen LogP contribution >= 0.6 is 0 Å². The van der Waals surface area contributed by atoms with Gasteiger partial charge in [-0.3, -0.25) is 4.79 Å². The summed E-state index contributed by atoms with van der Waals surface area (Å²) in [5.74, 6) is -0.0703. The quantitative estimate of drug-likeness (QED) is 0.825. The number of nitrogens with zero attached hydrogens (tertiary/aromatic N) is 2. The molecular weight excluding hydrogens is 230 g/mol. The molecule has 0 aliphatic rings. The molecule has 2 N–H and O–H groups in total. The van der Waals surface area contributed by atoms with Crippen molar-refractivity contribution in [3.63, 3.8) is 0 Å². The van der Waals surface area contributed by atoms with Crippen molar-refractivity contribution in [2.24, 2.45) is 0 Å². The van der Waals surface area contributed by atoms with E-state index in [4.69, 9.17) is 5.11 Å². The van der Waals surface area contributed by atoms with E-state index in [0.29, 0.717) is 6.42 Å². The Morgan fingerprint density at radius 2 is 2.28 bits per heavy atom. The summed E-state index contributed by atoms with van der Waals surface area (Å²) < 4.78 is 1.82. The fraction of sp³-hybridized carbons (Fsp3) is 0.385. The summed E-state index contributed by atoms with van der Waals surface area (Å²) in [6, 6.07) is 7.68. The molecule has 1 aromatic carbocycles. The highest BCUT2D eigenvalue weighted by Crippen LogP contribution is 2.11. The molecule has 0 saturated heterocycles. The molecule has 1 aromatic heterocycles. The Morgan fingerprint density at radius 3 is 3.06 bits per heavy atom. The Labute approximate surface area is 105 Å². The second-order valence-electron chi connectivity index (χ2n) is 4.34. The first kappa shape index (κ1) is 12.6. The van der Waals surface area contributed by atoms with Crippen molar-refractivity contribution >= 4 is 16.9 Å². The Hall–Kier alpha value is -1.88. The smallest absolute Gasteiger partial charge is 0.240 e. The molecule has 0 spiro atoms. The largest absolute Gasteiger partial charge is 0.396 e. The SMILES string of the molecule is CC(CCO)NC(=O)Cn1cnc2ccccc21. The normalized spacial score (nSPS) is 12.6. The Bertz CT molecular complexity index is 536. The maximum atomic E-state index is 11.8. The number of carbonyl (C=O) groups is 1. The van der Waals surface area contributed by atoms with Crippen LogP contribution in [0.5, 0.6) is 0 Å². The van der Waals surface area contributed by atoms with Crippen molar-refractivity contribution in [3.05, 3.63) is 30.6 Å². The van der Waals surface area contributed by atoms with Gasteiger partial charge in [-0.2, -0.15) is 0 Å². The summed E-state index contributed by atoms with van der Waals surface area (Å²) in [5, 5.41) is 11.6. The van der Waals surface area contributed by atoms with Gasteiger partial charge in [0.05, 0.1) is 17.4 Å². The van der Waals surface area contributed by atoms with Crippen LogP contribution in [0.15, 0.2) is 30.6 Å². The van der Waals surface area contributed by atoms with Gasteiger partial charge in [-0.25, -0.2) is 4.98 Å². The van der Waals surface area contributed by atoms with Crippen molar-refractivity contribution in [1.82, 2.24) is 14.9 Å². The number of hydrogen-bond acceptors (Lipinski definition) is 3.